The summed E-state index contributed by atoms with van der Waals surface area (Å²) in [6.45, 7) is 0.921. The van der Waals surface area contributed by atoms with Crippen molar-refractivity contribution in [2.45, 2.75) is 19.1 Å². The fraction of sp³-hybridized carbons (Fsp3) is 0.500. The minimum absolute atomic E-state index is 0.238. The Morgan fingerprint density at radius 2 is 2.00 bits per heavy atom. The Hall–Kier alpha value is -1.74. The van der Waals surface area contributed by atoms with E-state index in [1.807, 2.05) is 0 Å². The van der Waals surface area contributed by atoms with Gasteiger partial charge in [-0.05, 0) is 6.92 Å². The minimum Gasteiger partial charge on any atom is -0.389 e. The number of likely N-dealkylation sites (tertiary alicyclic amines) is 1. The molecule has 0 aliphatic carbocycles. The molecule has 2 atom stereocenters. The predicted octanol–water partition coefficient (Wildman–Crippen LogP) is -1.64. The van der Waals surface area contributed by atoms with Crippen molar-refractivity contribution in [1.82, 2.24) is 14.5 Å². The number of aromatic amines is 1. The maximum atomic E-state index is 11.7. The lowest BCUT2D eigenvalue weighted by atomic mass is 10.2. The highest BCUT2D eigenvalue weighted by molar-refractivity contribution is 7.69. The van der Waals surface area contributed by atoms with Crippen LogP contribution >= 0.6 is 7.60 Å². The second-order valence-electron chi connectivity index (χ2n) is 4.84. The van der Waals surface area contributed by atoms with Gasteiger partial charge in [-0.15, -0.1) is 0 Å². The second kappa shape index (κ2) is 5.23. The van der Waals surface area contributed by atoms with E-state index in [9.17, 15) is 24.1 Å². The number of nitrogens with one attached hydrogen (secondary N) is 1. The van der Waals surface area contributed by atoms with Crippen molar-refractivity contribution < 1.29 is 24.3 Å². The van der Waals surface area contributed by atoms with Crippen LogP contribution in [0.4, 0.5) is 4.79 Å². The van der Waals surface area contributed by atoms with Crippen molar-refractivity contribution in [3.8, 4) is 0 Å². The van der Waals surface area contributed by atoms with Gasteiger partial charge in [0.2, 0.25) is 0 Å². The van der Waals surface area contributed by atoms with Gasteiger partial charge in [0.05, 0.1) is 12.1 Å². The molecule has 21 heavy (non-hydrogen) atoms. The summed E-state index contributed by atoms with van der Waals surface area (Å²) in [5, 5.41) is 9.91. The predicted molar refractivity (Wildman–Crippen MR) is 70.1 cm³/mol. The van der Waals surface area contributed by atoms with Crippen LogP contribution in [0.3, 0.4) is 0 Å². The zero-order chi connectivity index (χ0) is 15.9. The van der Waals surface area contributed by atoms with Crippen LogP contribution in [0.2, 0.25) is 0 Å². The van der Waals surface area contributed by atoms with E-state index >= 15 is 0 Å². The van der Waals surface area contributed by atoms with Gasteiger partial charge in [-0.25, -0.2) is 9.36 Å². The third kappa shape index (κ3) is 2.98. The van der Waals surface area contributed by atoms with E-state index in [1.165, 1.54) is 13.1 Å². The van der Waals surface area contributed by atoms with Gasteiger partial charge in [0.15, 0.2) is 0 Å². The van der Waals surface area contributed by atoms with Gasteiger partial charge in [0.1, 0.15) is 0 Å². The van der Waals surface area contributed by atoms with Crippen LogP contribution in [0, 0.1) is 6.92 Å². The average molecular weight is 319 g/mol. The zero-order valence-corrected chi connectivity index (χ0v) is 11.9. The molecular formula is C10H14N3O7P. The fourth-order valence-electron chi connectivity index (χ4n) is 2.22. The topological polar surface area (TPSA) is 153 Å². The Morgan fingerprint density at radius 1 is 1.38 bits per heavy atom. The first-order valence-corrected chi connectivity index (χ1v) is 7.57. The Balaban J connectivity index is 2.33. The molecule has 0 bridgehead atoms. The van der Waals surface area contributed by atoms with Gasteiger partial charge < -0.3 is 19.8 Å². The molecule has 2 heterocycles. The molecule has 1 saturated heterocycles. The number of H-pyrrole nitrogens is 1. The summed E-state index contributed by atoms with van der Waals surface area (Å²) in [4.78, 5) is 55.1. The molecule has 10 nitrogen and oxygen atoms in total. The number of nitrogens with zero attached hydrogens (tertiary/aromatic N) is 2. The first-order valence-electron chi connectivity index (χ1n) is 5.96. The Morgan fingerprint density at radius 3 is 2.57 bits per heavy atom. The second-order valence-corrected chi connectivity index (χ2v) is 6.32. The fourth-order valence-corrected chi connectivity index (χ4v) is 2.75. The van der Waals surface area contributed by atoms with Crippen LogP contribution in [-0.2, 0) is 4.57 Å². The number of hydrogen-bond acceptors (Lipinski definition) is 5. The van der Waals surface area contributed by atoms with Gasteiger partial charge in [-0.3, -0.25) is 19.1 Å². The summed E-state index contributed by atoms with van der Waals surface area (Å²) in [6, 6.07) is -0.886. The summed E-state index contributed by atoms with van der Waals surface area (Å²) < 4.78 is 12.0. The average Bonchev–Trinajstić information content (AvgIpc) is 2.73. The lowest BCUT2D eigenvalue weighted by molar-refractivity contribution is 0.143. The highest BCUT2D eigenvalue weighted by Crippen LogP contribution is 2.40. The SMILES string of the molecule is Cc1cn([C@@H]2CN(C(=O)P(=O)(O)O)C[C@@H]2O)c(=O)[nH]c1=O. The molecule has 4 N–H and O–H groups in total. The standard InChI is InChI=1S/C10H14N3O7P/c1-5-2-13(9(16)11-8(5)15)6-3-12(4-7(6)14)10(17)21(18,19)20/h2,6-7,14H,3-4H2,1H3,(H,11,15,16)(H2,18,19,20)/t6-,7+/m1/s1. The highest BCUT2D eigenvalue weighted by atomic mass is 31.2. The van der Waals surface area contributed by atoms with E-state index in [0.29, 0.717) is 0 Å². The smallest absolute Gasteiger partial charge is 0.389 e. The van der Waals surface area contributed by atoms with Gasteiger partial charge in [0, 0.05) is 24.8 Å². The number of carbonyl (C=O) groups is 1. The van der Waals surface area contributed by atoms with Crippen molar-refractivity contribution in [3.63, 3.8) is 0 Å². The largest absolute Gasteiger partial charge is 0.413 e. The molecule has 1 aromatic rings. The number of β-amino-alcohol motifs (C(OH)–C–C–N with tert-alkyl or cyclic N) is 1. The molecule has 116 valence electrons. The zero-order valence-electron chi connectivity index (χ0n) is 11.0. The molecular weight excluding hydrogens is 305 g/mol. The van der Waals surface area contributed by atoms with Crippen LogP contribution in [0.1, 0.15) is 11.6 Å². The van der Waals surface area contributed by atoms with Crippen molar-refractivity contribution >= 4 is 13.2 Å². The molecule has 0 aromatic carbocycles. The van der Waals surface area contributed by atoms with Gasteiger partial charge in [-0.1, -0.05) is 0 Å². The van der Waals surface area contributed by atoms with Gasteiger partial charge in [0.25, 0.3) is 5.56 Å². The van der Waals surface area contributed by atoms with Crippen molar-refractivity contribution in [2.24, 2.45) is 0 Å². The lowest BCUT2D eigenvalue weighted by Gasteiger charge is -2.17. The van der Waals surface area contributed by atoms with Crippen molar-refractivity contribution in [3.05, 3.63) is 32.6 Å². The van der Waals surface area contributed by atoms with Crippen LogP contribution in [-0.4, -0.2) is 54.2 Å². The summed E-state index contributed by atoms with van der Waals surface area (Å²) in [6.07, 6.45) is 0.0593. The van der Waals surface area contributed by atoms with Crippen LogP contribution in [0.5, 0.6) is 0 Å². The van der Waals surface area contributed by atoms with E-state index in [1.54, 1.807) is 0 Å². The maximum Gasteiger partial charge on any atom is 0.413 e. The molecule has 1 aromatic heterocycles. The van der Waals surface area contributed by atoms with Gasteiger partial charge in [-0.2, -0.15) is 0 Å². The van der Waals surface area contributed by atoms with E-state index in [2.05, 4.69) is 4.98 Å². The maximum absolute atomic E-state index is 11.7. The minimum atomic E-state index is -4.95. The quantitative estimate of drug-likeness (QED) is 0.477. The summed E-state index contributed by atoms with van der Waals surface area (Å²) in [5.74, 6) is 0. The number of amides is 1. The molecule has 2 rings (SSSR count). The van der Waals surface area contributed by atoms with Crippen LogP contribution in [0.25, 0.3) is 0 Å². The molecule has 1 aliphatic heterocycles. The number of aromatic nitrogens is 2. The summed E-state index contributed by atoms with van der Waals surface area (Å²) in [7, 11) is -4.95. The molecule has 0 saturated carbocycles. The molecule has 0 unspecified atom stereocenters. The van der Waals surface area contributed by atoms with Gasteiger partial charge >= 0.3 is 18.9 Å². The highest BCUT2D eigenvalue weighted by Gasteiger charge is 2.41. The van der Waals surface area contributed by atoms with Crippen molar-refractivity contribution in [2.75, 3.05) is 13.1 Å². The number of rotatable bonds is 2. The number of aliphatic hydroxyl groups excluding tert-OH is 1. The van der Waals surface area contributed by atoms with E-state index in [0.717, 1.165) is 9.47 Å². The van der Waals surface area contributed by atoms with E-state index in [4.69, 9.17) is 9.79 Å². The van der Waals surface area contributed by atoms with E-state index in [-0.39, 0.29) is 18.7 Å². The summed E-state index contributed by atoms with van der Waals surface area (Å²) >= 11 is 0. The number of carbonyl (C=O) groups excluding carboxylic acids is 1. The molecule has 1 amide bonds. The number of aryl methyl sites for hydroxylation is 1. The van der Waals surface area contributed by atoms with E-state index < -0.39 is 36.6 Å². The third-order valence-corrected chi connectivity index (χ3v) is 4.06. The first kappa shape index (κ1) is 15.6. The Bertz CT molecular complexity index is 733. The van der Waals surface area contributed by atoms with Crippen LogP contribution in [0.15, 0.2) is 15.8 Å². The summed E-state index contributed by atoms with van der Waals surface area (Å²) in [5.41, 5.74) is -2.49. The third-order valence-electron chi connectivity index (χ3n) is 3.28. The monoisotopic (exact) mass is 319 g/mol. The molecule has 1 aliphatic rings. The normalized spacial score (nSPS) is 22.6. The molecule has 0 radical (unpaired) electrons. The first-order chi connectivity index (χ1) is 9.61. The lowest BCUT2D eigenvalue weighted by Crippen LogP contribution is -2.37. The number of hydrogen-bond donors (Lipinski definition) is 4. The molecule has 11 heteroatoms. The number of aliphatic hydroxyl groups is 1. The molecule has 1 fully saturated rings. The molecule has 0 spiro atoms. The Labute approximate surface area is 117 Å². The van der Waals surface area contributed by atoms with Crippen LogP contribution < -0.4 is 11.2 Å². The van der Waals surface area contributed by atoms with Crippen molar-refractivity contribution in [1.29, 1.82) is 0 Å². The Kier molecular flexibility index (Phi) is 3.89.